The molecular weight excluding hydrogens is 465 g/mol. The molecule has 4 rings (SSSR count). The molecule has 35 heavy (non-hydrogen) atoms. The maximum atomic E-state index is 13.3. The van der Waals surface area contributed by atoms with Crippen molar-refractivity contribution in [3.05, 3.63) is 89.0 Å². The topological polar surface area (TPSA) is 62.6 Å². The van der Waals surface area contributed by atoms with Crippen LogP contribution in [0, 0.1) is 19.7 Å². The van der Waals surface area contributed by atoms with E-state index in [1.807, 2.05) is 59.7 Å². The van der Waals surface area contributed by atoms with Crippen LogP contribution in [-0.4, -0.2) is 66.4 Å². The summed E-state index contributed by atoms with van der Waals surface area (Å²) >= 11 is 0. The monoisotopic (exact) mass is 497 g/mol. The Morgan fingerprint density at radius 3 is 2.26 bits per heavy atom. The van der Waals surface area contributed by atoms with Crippen molar-refractivity contribution in [2.75, 3.05) is 38.5 Å². The van der Waals surface area contributed by atoms with Gasteiger partial charge in [0.2, 0.25) is 10.0 Å². The van der Waals surface area contributed by atoms with E-state index < -0.39 is 10.0 Å². The summed E-state index contributed by atoms with van der Waals surface area (Å²) in [4.78, 5) is 15.1. The Morgan fingerprint density at radius 2 is 1.60 bits per heavy atom. The lowest BCUT2D eigenvalue weighted by molar-refractivity contribution is 0.0901. The van der Waals surface area contributed by atoms with Crippen molar-refractivity contribution in [2.45, 2.75) is 26.7 Å². The summed E-state index contributed by atoms with van der Waals surface area (Å²) in [6.07, 6.45) is 1.33. The Bertz CT molecular complexity index is 1260. The quantitative estimate of drug-likeness (QED) is 0.420. The third-order valence-electron chi connectivity index (χ3n) is 6.62. The van der Waals surface area contributed by atoms with E-state index in [1.165, 1.54) is 12.1 Å². The molecule has 8 heteroatoms. The van der Waals surface area contributed by atoms with Crippen molar-refractivity contribution in [3.8, 4) is 5.69 Å². The van der Waals surface area contributed by atoms with Crippen molar-refractivity contribution in [3.63, 3.8) is 0 Å². The Hall–Kier alpha value is -2.81. The van der Waals surface area contributed by atoms with Crippen molar-refractivity contribution >= 4 is 15.8 Å². The third-order valence-corrected chi connectivity index (χ3v) is 8.58. The molecule has 6 nitrogen and oxygen atoms in total. The van der Waals surface area contributed by atoms with Gasteiger partial charge in [0, 0.05) is 48.8 Å². The number of piperazine rings is 1. The standard InChI is InChI=1S/C27H32FN3O3S/c1-21-19-26(22(2)31(21)25-12-10-24(28)11-13-25)27(32)20-29-14-16-30(17-15-29)35(33,34)18-6-9-23-7-4-3-5-8-23/h3-5,7-8,10-13,19H,6,9,14-18,20H2,1-2H3. The molecule has 0 saturated carbocycles. The van der Waals surface area contributed by atoms with Gasteiger partial charge in [-0.3, -0.25) is 9.69 Å². The van der Waals surface area contributed by atoms with E-state index in [1.54, 1.807) is 16.4 Å². The highest BCUT2D eigenvalue weighted by Gasteiger charge is 2.28. The number of aryl methyl sites for hydroxylation is 2. The van der Waals surface area contributed by atoms with Gasteiger partial charge in [-0.25, -0.2) is 12.8 Å². The summed E-state index contributed by atoms with van der Waals surface area (Å²) in [7, 11) is -3.31. The maximum absolute atomic E-state index is 13.3. The number of halogens is 1. The molecule has 0 N–H and O–H groups in total. The van der Waals surface area contributed by atoms with Crippen LogP contribution in [-0.2, 0) is 16.4 Å². The van der Waals surface area contributed by atoms with Gasteiger partial charge in [0.15, 0.2) is 5.78 Å². The molecule has 0 amide bonds. The zero-order chi connectivity index (χ0) is 25.0. The van der Waals surface area contributed by atoms with Gasteiger partial charge in [-0.1, -0.05) is 30.3 Å². The molecule has 0 atom stereocenters. The predicted molar refractivity (Wildman–Crippen MR) is 136 cm³/mol. The molecule has 1 fully saturated rings. The van der Waals surface area contributed by atoms with Crippen LogP contribution in [0.2, 0.25) is 0 Å². The number of carbonyl (C=O) groups excluding carboxylic acids is 1. The zero-order valence-electron chi connectivity index (χ0n) is 20.3. The molecule has 0 spiro atoms. The number of Topliss-reactive ketones (excluding diaryl/α,β-unsaturated/α-hetero) is 1. The van der Waals surface area contributed by atoms with Gasteiger partial charge in [0.25, 0.3) is 0 Å². The number of ketones is 1. The number of benzene rings is 2. The summed E-state index contributed by atoms with van der Waals surface area (Å²) in [6, 6.07) is 18.0. The number of nitrogens with zero attached hydrogens (tertiary/aromatic N) is 3. The first kappa shape index (κ1) is 25.3. The average Bonchev–Trinajstić information content (AvgIpc) is 3.14. The Balaban J connectivity index is 1.31. The van der Waals surface area contributed by atoms with Gasteiger partial charge in [0.1, 0.15) is 5.82 Å². The fourth-order valence-electron chi connectivity index (χ4n) is 4.72. The summed E-state index contributed by atoms with van der Waals surface area (Å²) in [5.41, 5.74) is 4.32. The normalized spacial score (nSPS) is 15.4. The summed E-state index contributed by atoms with van der Waals surface area (Å²) < 4.78 is 42.4. The van der Waals surface area contributed by atoms with Gasteiger partial charge in [-0.05, 0) is 62.6 Å². The highest BCUT2D eigenvalue weighted by Crippen LogP contribution is 2.22. The van der Waals surface area contributed by atoms with Crippen LogP contribution in [0.4, 0.5) is 4.39 Å². The van der Waals surface area contributed by atoms with Crippen LogP contribution in [0.15, 0.2) is 60.7 Å². The minimum Gasteiger partial charge on any atom is -0.318 e. The van der Waals surface area contributed by atoms with Crippen LogP contribution in [0.3, 0.4) is 0 Å². The lowest BCUT2D eigenvalue weighted by atomic mass is 10.1. The van der Waals surface area contributed by atoms with E-state index in [0.29, 0.717) is 38.2 Å². The largest absolute Gasteiger partial charge is 0.318 e. The number of rotatable bonds is 9. The number of aromatic nitrogens is 1. The maximum Gasteiger partial charge on any atom is 0.214 e. The highest BCUT2D eigenvalue weighted by molar-refractivity contribution is 7.89. The Kier molecular flexibility index (Phi) is 7.84. The molecule has 0 unspecified atom stereocenters. The number of carbonyl (C=O) groups is 1. The summed E-state index contributed by atoms with van der Waals surface area (Å²) in [5, 5.41) is 0. The summed E-state index contributed by atoms with van der Waals surface area (Å²) in [5.74, 6) is -0.161. The smallest absolute Gasteiger partial charge is 0.214 e. The predicted octanol–water partition coefficient (Wildman–Crippen LogP) is 4.00. The zero-order valence-corrected chi connectivity index (χ0v) is 21.1. The average molecular weight is 498 g/mol. The van der Waals surface area contributed by atoms with Gasteiger partial charge in [0.05, 0.1) is 12.3 Å². The van der Waals surface area contributed by atoms with Crippen LogP contribution < -0.4 is 0 Å². The number of hydrogen-bond acceptors (Lipinski definition) is 4. The van der Waals surface area contributed by atoms with E-state index in [0.717, 1.165) is 29.1 Å². The van der Waals surface area contributed by atoms with Gasteiger partial charge in [-0.15, -0.1) is 0 Å². The van der Waals surface area contributed by atoms with Crippen molar-refractivity contribution < 1.29 is 17.6 Å². The first-order chi connectivity index (χ1) is 16.7. The SMILES string of the molecule is Cc1cc(C(=O)CN2CCN(S(=O)(=O)CCCc3ccccc3)CC2)c(C)n1-c1ccc(F)cc1. The molecule has 0 aliphatic carbocycles. The van der Waals surface area contributed by atoms with Gasteiger partial charge < -0.3 is 4.57 Å². The Morgan fingerprint density at radius 1 is 0.943 bits per heavy atom. The second kappa shape index (κ2) is 10.8. The molecule has 3 aromatic rings. The molecule has 2 heterocycles. The van der Waals surface area contributed by atoms with Crippen LogP contribution >= 0.6 is 0 Å². The molecule has 186 valence electrons. The van der Waals surface area contributed by atoms with E-state index in [9.17, 15) is 17.6 Å². The lowest BCUT2D eigenvalue weighted by Gasteiger charge is -2.33. The van der Waals surface area contributed by atoms with Crippen LogP contribution in [0.5, 0.6) is 0 Å². The van der Waals surface area contributed by atoms with E-state index in [4.69, 9.17) is 0 Å². The molecule has 0 radical (unpaired) electrons. The van der Waals surface area contributed by atoms with E-state index >= 15 is 0 Å². The highest BCUT2D eigenvalue weighted by atomic mass is 32.2. The second-order valence-corrected chi connectivity index (χ2v) is 11.2. The molecular formula is C27H32FN3O3S. The van der Waals surface area contributed by atoms with Crippen molar-refractivity contribution in [1.29, 1.82) is 0 Å². The number of sulfonamides is 1. The minimum atomic E-state index is -3.31. The Labute approximate surface area is 207 Å². The molecule has 2 aromatic carbocycles. The van der Waals surface area contributed by atoms with Gasteiger partial charge >= 0.3 is 0 Å². The van der Waals surface area contributed by atoms with Crippen LogP contribution in [0.25, 0.3) is 5.69 Å². The first-order valence-corrected chi connectivity index (χ1v) is 13.6. The lowest BCUT2D eigenvalue weighted by Crippen LogP contribution is -2.50. The molecule has 1 aliphatic rings. The molecule has 0 bridgehead atoms. The molecule has 1 aliphatic heterocycles. The van der Waals surface area contributed by atoms with Crippen LogP contribution in [0.1, 0.15) is 33.7 Å². The first-order valence-electron chi connectivity index (χ1n) is 12.0. The molecule has 1 saturated heterocycles. The third kappa shape index (κ3) is 6.07. The van der Waals surface area contributed by atoms with Crippen molar-refractivity contribution in [1.82, 2.24) is 13.8 Å². The summed E-state index contributed by atoms with van der Waals surface area (Å²) in [6.45, 7) is 5.92. The van der Waals surface area contributed by atoms with E-state index in [-0.39, 0.29) is 23.9 Å². The number of hydrogen-bond donors (Lipinski definition) is 0. The molecule has 1 aromatic heterocycles. The fraction of sp³-hybridized carbons (Fsp3) is 0.370. The van der Waals surface area contributed by atoms with Crippen molar-refractivity contribution in [2.24, 2.45) is 0 Å². The van der Waals surface area contributed by atoms with E-state index in [2.05, 4.69) is 0 Å². The second-order valence-electron chi connectivity index (χ2n) is 9.10. The van der Waals surface area contributed by atoms with Gasteiger partial charge in [-0.2, -0.15) is 4.31 Å². The minimum absolute atomic E-state index is 0.00521. The fourth-order valence-corrected chi connectivity index (χ4v) is 6.21.